The molecule has 1 aromatic carbocycles. The van der Waals surface area contributed by atoms with Gasteiger partial charge in [0.25, 0.3) is 0 Å². The minimum absolute atomic E-state index is 0.0855. The zero-order chi connectivity index (χ0) is 12.3. The third-order valence-electron chi connectivity index (χ3n) is 2.88. The molecule has 1 saturated heterocycles. The molecule has 92 valence electrons. The van der Waals surface area contributed by atoms with Crippen LogP contribution < -0.4 is 5.73 Å². The number of nitrogens with zero attached hydrogens (tertiary/aromatic N) is 1. The average molecular weight is 234 g/mol. The highest BCUT2D eigenvalue weighted by atomic mass is 16.7. The Balaban J connectivity index is 1.95. The topological polar surface area (TPSA) is 55.6 Å². The van der Waals surface area contributed by atoms with Crippen LogP contribution in [0.2, 0.25) is 0 Å². The zero-order valence-corrected chi connectivity index (χ0v) is 10.0. The monoisotopic (exact) mass is 234 g/mol. The third kappa shape index (κ3) is 3.28. The van der Waals surface area contributed by atoms with Gasteiger partial charge in [0.05, 0.1) is 12.1 Å². The van der Waals surface area contributed by atoms with Crippen LogP contribution in [0.5, 0.6) is 0 Å². The summed E-state index contributed by atoms with van der Waals surface area (Å²) >= 11 is 0. The number of hydroxylamine groups is 2. The lowest BCUT2D eigenvalue weighted by Gasteiger charge is -2.32. The second-order valence-electron chi connectivity index (χ2n) is 4.69. The van der Waals surface area contributed by atoms with Crippen molar-refractivity contribution in [3.05, 3.63) is 35.9 Å². The van der Waals surface area contributed by atoms with E-state index in [4.69, 9.17) is 10.6 Å². The van der Waals surface area contributed by atoms with Crippen LogP contribution >= 0.6 is 0 Å². The van der Waals surface area contributed by atoms with Crippen LogP contribution in [-0.2, 0) is 4.84 Å². The first-order valence-corrected chi connectivity index (χ1v) is 5.93. The highest BCUT2D eigenvalue weighted by Gasteiger charge is 2.25. The van der Waals surface area contributed by atoms with E-state index in [1.165, 1.54) is 0 Å². The Morgan fingerprint density at radius 1 is 1.35 bits per heavy atom. The molecule has 2 atom stereocenters. The first-order chi connectivity index (χ1) is 8.15. The van der Waals surface area contributed by atoms with Crippen LogP contribution in [0.1, 0.15) is 23.7 Å². The predicted molar refractivity (Wildman–Crippen MR) is 65.2 cm³/mol. The normalized spacial score (nSPS) is 25.5. The third-order valence-corrected chi connectivity index (χ3v) is 2.88. The van der Waals surface area contributed by atoms with Crippen molar-refractivity contribution in [2.45, 2.75) is 19.4 Å². The minimum atomic E-state index is -0.313. The lowest BCUT2D eigenvalue weighted by Crippen LogP contribution is -2.46. The van der Waals surface area contributed by atoms with Gasteiger partial charge in [-0.2, -0.15) is 0 Å². The van der Waals surface area contributed by atoms with E-state index in [-0.39, 0.29) is 12.0 Å². The molecule has 1 aliphatic heterocycles. The molecule has 2 N–H and O–H groups in total. The summed E-state index contributed by atoms with van der Waals surface area (Å²) in [6.07, 6.45) is 0.986. The Kier molecular flexibility index (Phi) is 3.76. The van der Waals surface area contributed by atoms with Gasteiger partial charge >= 0.3 is 5.97 Å². The Morgan fingerprint density at radius 2 is 2.06 bits per heavy atom. The Hall–Kier alpha value is -1.39. The van der Waals surface area contributed by atoms with Crippen molar-refractivity contribution in [3.8, 4) is 0 Å². The molecule has 2 unspecified atom stereocenters. The van der Waals surface area contributed by atoms with Crippen molar-refractivity contribution in [2.75, 3.05) is 13.1 Å². The molecule has 1 aromatic rings. The summed E-state index contributed by atoms with van der Waals surface area (Å²) in [6, 6.07) is 9.09. The van der Waals surface area contributed by atoms with E-state index >= 15 is 0 Å². The predicted octanol–water partition coefficient (Wildman–Crippen LogP) is 1.43. The number of carbonyl (C=O) groups excluding carboxylic acids is 1. The molecule has 2 rings (SSSR count). The van der Waals surface area contributed by atoms with E-state index in [2.05, 4.69) is 6.92 Å². The molecule has 4 nitrogen and oxygen atoms in total. The van der Waals surface area contributed by atoms with Crippen LogP contribution in [0.15, 0.2) is 30.3 Å². The summed E-state index contributed by atoms with van der Waals surface area (Å²) in [6.45, 7) is 3.48. The van der Waals surface area contributed by atoms with Gasteiger partial charge in [-0.15, -0.1) is 5.06 Å². The molecule has 0 aromatic heterocycles. The summed E-state index contributed by atoms with van der Waals surface area (Å²) in [5.74, 6) is 0.147. The van der Waals surface area contributed by atoms with Gasteiger partial charge in [-0.25, -0.2) is 4.79 Å². The van der Waals surface area contributed by atoms with Gasteiger partial charge in [0.15, 0.2) is 0 Å². The van der Waals surface area contributed by atoms with Crippen molar-refractivity contribution in [1.82, 2.24) is 5.06 Å². The second kappa shape index (κ2) is 5.29. The molecule has 1 heterocycles. The maximum atomic E-state index is 11.8. The Morgan fingerprint density at radius 3 is 2.71 bits per heavy atom. The van der Waals surface area contributed by atoms with Crippen molar-refractivity contribution in [3.63, 3.8) is 0 Å². The molecular formula is C13H18N2O2. The molecule has 0 radical (unpaired) electrons. The van der Waals surface area contributed by atoms with Gasteiger partial charge in [-0.1, -0.05) is 25.1 Å². The van der Waals surface area contributed by atoms with Crippen molar-refractivity contribution >= 4 is 5.97 Å². The van der Waals surface area contributed by atoms with Crippen LogP contribution in [0.4, 0.5) is 0 Å². The largest absolute Gasteiger partial charge is 0.364 e. The SMILES string of the molecule is CC1CC(N)CN(OC(=O)c2ccccc2)C1. The van der Waals surface area contributed by atoms with Crippen LogP contribution in [0, 0.1) is 5.92 Å². The van der Waals surface area contributed by atoms with Gasteiger partial charge < -0.3 is 10.6 Å². The van der Waals surface area contributed by atoms with Crippen molar-refractivity contribution in [1.29, 1.82) is 0 Å². The molecule has 4 heteroatoms. The Labute approximate surface area is 101 Å². The molecule has 0 spiro atoms. The number of carbonyl (C=O) groups is 1. The standard InChI is InChI=1S/C13H18N2O2/c1-10-7-12(14)9-15(8-10)17-13(16)11-5-3-2-4-6-11/h2-6,10,12H,7-9,14H2,1H3. The molecule has 0 saturated carbocycles. The lowest BCUT2D eigenvalue weighted by atomic mass is 9.98. The van der Waals surface area contributed by atoms with Crippen molar-refractivity contribution in [2.24, 2.45) is 11.7 Å². The van der Waals surface area contributed by atoms with E-state index in [0.29, 0.717) is 18.0 Å². The van der Waals surface area contributed by atoms with Gasteiger partial charge in [-0.3, -0.25) is 0 Å². The molecule has 1 fully saturated rings. The summed E-state index contributed by atoms with van der Waals surface area (Å²) in [5, 5.41) is 1.67. The van der Waals surface area contributed by atoms with Gasteiger partial charge in [0.2, 0.25) is 0 Å². The maximum Gasteiger partial charge on any atom is 0.357 e. The Bertz CT molecular complexity index is 370. The minimum Gasteiger partial charge on any atom is -0.364 e. The first-order valence-electron chi connectivity index (χ1n) is 5.93. The van der Waals surface area contributed by atoms with E-state index in [9.17, 15) is 4.79 Å². The number of hydrogen-bond donors (Lipinski definition) is 1. The average Bonchev–Trinajstić information content (AvgIpc) is 2.28. The fourth-order valence-corrected chi connectivity index (χ4v) is 2.17. The molecule has 0 amide bonds. The molecule has 0 aliphatic carbocycles. The quantitative estimate of drug-likeness (QED) is 0.841. The number of rotatable bonds is 2. The highest BCUT2D eigenvalue weighted by molar-refractivity contribution is 5.89. The molecule has 1 aliphatic rings. The van der Waals surface area contributed by atoms with E-state index in [0.717, 1.165) is 13.0 Å². The smallest absolute Gasteiger partial charge is 0.357 e. The number of benzene rings is 1. The maximum absolute atomic E-state index is 11.8. The fourth-order valence-electron chi connectivity index (χ4n) is 2.17. The summed E-state index contributed by atoms with van der Waals surface area (Å²) in [4.78, 5) is 17.2. The summed E-state index contributed by atoms with van der Waals surface area (Å²) < 4.78 is 0. The number of nitrogens with two attached hydrogens (primary N) is 1. The van der Waals surface area contributed by atoms with Gasteiger partial charge in [0.1, 0.15) is 0 Å². The fraction of sp³-hybridized carbons (Fsp3) is 0.462. The van der Waals surface area contributed by atoms with E-state index in [1.807, 2.05) is 18.2 Å². The summed E-state index contributed by atoms with van der Waals surface area (Å²) in [7, 11) is 0. The molecule has 0 bridgehead atoms. The lowest BCUT2D eigenvalue weighted by molar-refractivity contribution is -0.132. The van der Waals surface area contributed by atoms with E-state index < -0.39 is 0 Å². The zero-order valence-electron chi connectivity index (χ0n) is 10.0. The summed E-state index contributed by atoms with van der Waals surface area (Å²) in [5.41, 5.74) is 6.47. The van der Waals surface area contributed by atoms with Crippen LogP contribution in [0.25, 0.3) is 0 Å². The van der Waals surface area contributed by atoms with Gasteiger partial charge in [-0.05, 0) is 24.5 Å². The van der Waals surface area contributed by atoms with Gasteiger partial charge in [0, 0.05) is 12.6 Å². The van der Waals surface area contributed by atoms with Crippen LogP contribution in [-0.4, -0.2) is 30.2 Å². The van der Waals surface area contributed by atoms with E-state index in [1.54, 1.807) is 17.2 Å². The number of hydrogen-bond acceptors (Lipinski definition) is 4. The van der Waals surface area contributed by atoms with Crippen molar-refractivity contribution < 1.29 is 9.63 Å². The number of piperidine rings is 1. The van der Waals surface area contributed by atoms with Crippen LogP contribution in [0.3, 0.4) is 0 Å². The molecule has 17 heavy (non-hydrogen) atoms. The highest BCUT2D eigenvalue weighted by Crippen LogP contribution is 2.16. The second-order valence-corrected chi connectivity index (χ2v) is 4.69. The first kappa shape index (κ1) is 12.1. The molecular weight excluding hydrogens is 216 g/mol.